The number of nitrogens with zero attached hydrogens (tertiary/aromatic N) is 4. The van der Waals surface area contributed by atoms with E-state index in [1.807, 2.05) is 47.7 Å². The zero-order valence-corrected chi connectivity index (χ0v) is 20.1. The number of halogens is 3. The second-order valence-corrected chi connectivity index (χ2v) is 9.78. The van der Waals surface area contributed by atoms with Crippen molar-refractivity contribution in [2.24, 2.45) is 5.92 Å². The Balaban J connectivity index is 1.37. The number of para-hydroxylation sites is 1. The number of alkyl halides is 3. The molecule has 0 aliphatic carbocycles. The number of anilines is 2. The lowest BCUT2D eigenvalue weighted by Gasteiger charge is -2.31. The zero-order valence-electron chi connectivity index (χ0n) is 19.3. The van der Waals surface area contributed by atoms with Crippen LogP contribution in [0.1, 0.15) is 29.7 Å². The van der Waals surface area contributed by atoms with Crippen molar-refractivity contribution < 1.29 is 18.0 Å². The molecule has 4 aromatic rings. The molecule has 1 amide bonds. The van der Waals surface area contributed by atoms with Crippen LogP contribution in [0.3, 0.4) is 0 Å². The first-order valence-corrected chi connectivity index (χ1v) is 12.2. The molecular weight excluding hydrogens is 475 g/mol. The quantitative estimate of drug-likeness (QED) is 0.376. The number of carbonyl (C=O) groups excluding carboxylic acids is 1. The molecule has 1 aliphatic rings. The van der Waals surface area contributed by atoms with Gasteiger partial charge >= 0.3 is 6.18 Å². The van der Waals surface area contributed by atoms with Crippen LogP contribution in [-0.2, 0) is 11.0 Å². The highest BCUT2D eigenvalue weighted by atomic mass is 32.1. The molecule has 1 atom stereocenters. The maximum atomic E-state index is 13.3. The highest BCUT2D eigenvalue weighted by molar-refractivity contribution is 7.22. The molecule has 10 heteroatoms. The largest absolute Gasteiger partial charge is 0.418 e. The zero-order chi connectivity index (χ0) is 24.7. The van der Waals surface area contributed by atoms with Crippen molar-refractivity contribution in [2.75, 3.05) is 23.3 Å². The van der Waals surface area contributed by atoms with Gasteiger partial charge in [-0.05, 0) is 51.0 Å². The van der Waals surface area contributed by atoms with Crippen molar-refractivity contribution in [2.45, 2.75) is 32.9 Å². The van der Waals surface area contributed by atoms with E-state index < -0.39 is 23.6 Å². The van der Waals surface area contributed by atoms with Crippen LogP contribution in [0.2, 0.25) is 0 Å². The van der Waals surface area contributed by atoms with Gasteiger partial charge in [0.05, 0.1) is 33.2 Å². The lowest BCUT2D eigenvalue weighted by Crippen LogP contribution is -2.41. The first kappa shape index (κ1) is 23.3. The monoisotopic (exact) mass is 499 g/mol. The van der Waals surface area contributed by atoms with Gasteiger partial charge in [0.2, 0.25) is 5.91 Å². The molecule has 0 saturated carbocycles. The summed E-state index contributed by atoms with van der Waals surface area (Å²) in [7, 11) is 0. The Hall–Kier alpha value is -3.40. The minimum absolute atomic E-state index is 0.212. The Kier molecular flexibility index (Phi) is 6.00. The van der Waals surface area contributed by atoms with Crippen LogP contribution in [0.5, 0.6) is 0 Å². The van der Waals surface area contributed by atoms with E-state index in [2.05, 4.69) is 10.4 Å². The molecule has 0 spiro atoms. The predicted molar refractivity (Wildman–Crippen MR) is 131 cm³/mol. The van der Waals surface area contributed by atoms with E-state index in [1.165, 1.54) is 29.5 Å². The molecule has 1 saturated heterocycles. The molecule has 5 rings (SSSR count). The van der Waals surface area contributed by atoms with Gasteiger partial charge in [-0.3, -0.25) is 4.79 Å². The lowest BCUT2D eigenvalue weighted by atomic mass is 9.97. The van der Waals surface area contributed by atoms with Gasteiger partial charge in [0, 0.05) is 13.1 Å². The number of nitrogens with one attached hydrogen (secondary N) is 1. The Morgan fingerprint density at radius 3 is 2.60 bits per heavy atom. The number of aryl methyl sites for hydroxylation is 2. The van der Waals surface area contributed by atoms with Crippen LogP contribution in [0.15, 0.2) is 48.5 Å². The second kappa shape index (κ2) is 8.99. The minimum Gasteiger partial charge on any atom is -0.347 e. The fourth-order valence-electron chi connectivity index (χ4n) is 4.36. The normalized spacial score (nSPS) is 16.6. The molecule has 2 aromatic heterocycles. The van der Waals surface area contributed by atoms with Gasteiger partial charge in [-0.2, -0.15) is 23.3 Å². The number of carbonyl (C=O) groups is 1. The molecule has 1 N–H and O–H groups in total. The standard InChI is InChI=1S/C25H24F3N5OS/c1-15-9-11-18(12-10-15)33-22-21(16(2)31-33)35-24(30-22)32-13-5-6-17(14-32)23(34)29-20-8-4-3-7-19(20)25(26,27)28/h3-4,7-12,17H,5-6,13-14H2,1-2H3,(H,29,34). The van der Waals surface area contributed by atoms with E-state index in [0.29, 0.717) is 13.0 Å². The summed E-state index contributed by atoms with van der Waals surface area (Å²) in [5, 5.41) is 7.94. The molecule has 0 bridgehead atoms. The van der Waals surface area contributed by atoms with Gasteiger partial charge in [-0.1, -0.05) is 41.2 Å². The molecule has 6 nitrogen and oxygen atoms in total. The number of hydrogen-bond donors (Lipinski definition) is 1. The topological polar surface area (TPSA) is 63.1 Å². The molecule has 1 aliphatic heterocycles. The molecular formula is C25H24F3N5OS. The summed E-state index contributed by atoms with van der Waals surface area (Å²) in [5.41, 5.74) is 2.66. The highest BCUT2D eigenvalue weighted by Gasteiger charge is 2.35. The summed E-state index contributed by atoms with van der Waals surface area (Å²) in [4.78, 5) is 19.8. The van der Waals surface area contributed by atoms with Crippen molar-refractivity contribution in [3.63, 3.8) is 0 Å². The number of hydrogen-bond acceptors (Lipinski definition) is 5. The van der Waals surface area contributed by atoms with Crippen LogP contribution < -0.4 is 10.2 Å². The number of benzene rings is 2. The van der Waals surface area contributed by atoms with E-state index >= 15 is 0 Å². The number of rotatable bonds is 4. The summed E-state index contributed by atoms with van der Waals surface area (Å²) in [6.07, 6.45) is -3.18. The third kappa shape index (κ3) is 4.62. The molecule has 3 heterocycles. The predicted octanol–water partition coefficient (Wildman–Crippen LogP) is 5.97. The van der Waals surface area contributed by atoms with Crippen LogP contribution in [0.25, 0.3) is 16.0 Å². The number of thiazole rings is 1. The van der Waals surface area contributed by atoms with Gasteiger partial charge in [0.15, 0.2) is 10.8 Å². The number of fused-ring (bicyclic) bond motifs is 1. The maximum absolute atomic E-state index is 13.3. The van der Waals surface area contributed by atoms with E-state index in [4.69, 9.17) is 4.98 Å². The van der Waals surface area contributed by atoms with Crippen molar-refractivity contribution in [1.29, 1.82) is 0 Å². The Morgan fingerprint density at radius 1 is 1.11 bits per heavy atom. The van der Waals surface area contributed by atoms with E-state index in [1.54, 1.807) is 0 Å². The van der Waals surface area contributed by atoms with Gasteiger partial charge in [0.25, 0.3) is 0 Å². The van der Waals surface area contributed by atoms with Gasteiger partial charge < -0.3 is 10.2 Å². The van der Waals surface area contributed by atoms with Crippen LogP contribution in [-0.4, -0.2) is 33.8 Å². The first-order chi connectivity index (χ1) is 16.7. The highest BCUT2D eigenvalue weighted by Crippen LogP contribution is 2.36. The van der Waals surface area contributed by atoms with Gasteiger partial charge in [-0.25, -0.2) is 4.68 Å². The van der Waals surface area contributed by atoms with E-state index in [9.17, 15) is 18.0 Å². The van der Waals surface area contributed by atoms with Gasteiger partial charge in [0.1, 0.15) is 0 Å². The van der Waals surface area contributed by atoms with Crippen molar-refractivity contribution in [3.05, 3.63) is 65.4 Å². The Morgan fingerprint density at radius 2 is 1.86 bits per heavy atom. The number of piperidine rings is 1. The first-order valence-electron chi connectivity index (χ1n) is 11.4. The second-order valence-electron chi connectivity index (χ2n) is 8.80. The average molecular weight is 500 g/mol. The summed E-state index contributed by atoms with van der Waals surface area (Å²) in [6, 6.07) is 13.1. The van der Waals surface area contributed by atoms with Crippen molar-refractivity contribution in [3.8, 4) is 5.69 Å². The molecule has 35 heavy (non-hydrogen) atoms. The molecule has 1 unspecified atom stereocenters. The fourth-order valence-corrected chi connectivity index (χ4v) is 5.38. The molecule has 2 aromatic carbocycles. The molecule has 0 radical (unpaired) electrons. The summed E-state index contributed by atoms with van der Waals surface area (Å²) < 4.78 is 42.8. The van der Waals surface area contributed by atoms with Crippen molar-refractivity contribution >= 4 is 38.4 Å². The Labute approximate surface area is 204 Å². The minimum atomic E-state index is -4.54. The SMILES string of the molecule is Cc1ccc(-n2nc(C)c3sc(N4CCCC(C(=O)Nc5ccccc5C(F)(F)F)C4)nc32)cc1. The summed E-state index contributed by atoms with van der Waals surface area (Å²) in [6.45, 7) is 5.10. The Bertz CT molecular complexity index is 1380. The van der Waals surface area contributed by atoms with E-state index in [-0.39, 0.29) is 5.69 Å². The molecule has 1 fully saturated rings. The lowest BCUT2D eigenvalue weighted by molar-refractivity contribution is -0.137. The average Bonchev–Trinajstić information content (AvgIpc) is 3.40. The summed E-state index contributed by atoms with van der Waals surface area (Å²) >= 11 is 1.52. The van der Waals surface area contributed by atoms with Gasteiger partial charge in [-0.15, -0.1) is 0 Å². The third-order valence-corrected chi connectivity index (χ3v) is 7.42. The smallest absolute Gasteiger partial charge is 0.347 e. The summed E-state index contributed by atoms with van der Waals surface area (Å²) in [5.74, 6) is -0.846. The number of amides is 1. The maximum Gasteiger partial charge on any atom is 0.418 e. The fraction of sp³-hybridized carbons (Fsp3) is 0.320. The third-order valence-electron chi connectivity index (χ3n) is 6.21. The van der Waals surface area contributed by atoms with E-state index in [0.717, 1.165) is 51.5 Å². The van der Waals surface area contributed by atoms with Crippen LogP contribution >= 0.6 is 11.3 Å². The number of aromatic nitrogens is 3. The van der Waals surface area contributed by atoms with Crippen LogP contribution in [0.4, 0.5) is 24.0 Å². The van der Waals surface area contributed by atoms with Crippen molar-refractivity contribution in [1.82, 2.24) is 14.8 Å². The van der Waals surface area contributed by atoms with Crippen LogP contribution in [0, 0.1) is 19.8 Å². The molecule has 182 valence electrons.